The lowest BCUT2D eigenvalue weighted by molar-refractivity contribution is -0.144. The zero-order chi connectivity index (χ0) is 30.9. The number of aromatic nitrogens is 1. The molecule has 1 heterocycles. The van der Waals surface area contributed by atoms with Crippen LogP contribution in [0.4, 0.5) is 0 Å². The van der Waals surface area contributed by atoms with Gasteiger partial charge in [-0.3, -0.25) is 4.79 Å². The predicted octanol–water partition coefficient (Wildman–Crippen LogP) is 9.55. The summed E-state index contributed by atoms with van der Waals surface area (Å²) in [4.78, 5) is 18.1. The Morgan fingerprint density at radius 3 is 1.78 bits per heavy atom. The van der Waals surface area contributed by atoms with Crippen molar-refractivity contribution in [3.8, 4) is 22.5 Å². The third-order valence-corrected chi connectivity index (χ3v) is 9.11. The molecule has 8 rings (SSSR count). The highest BCUT2D eigenvalue weighted by Crippen LogP contribution is 2.58. The Labute approximate surface area is 268 Å². The van der Waals surface area contributed by atoms with Crippen LogP contribution in [0, 0.1) is 0 Å². The van der Waals surface area contributed by atoms with Crippen molar-refractivity contribution in [3.63, 3.8) is 0 Å². The molecule has 0 unspecified atom stereocenters. The van der Waals surface area contributed by atoms with Gasteiger partial charge in [-0.1, -0.05) is 164 Å². The monoisotopic (exact) mass is 593 g/mol. The molecule has 0 aliphatic heterocycles. The average Bonchev–Trinajstić information content (AvgIpc) is 3.43. The summed E-state index contributed by atoms with van der Waals surface area (Å²) in [6, 6.07) is 56.9. The Bertz CT molecular complexity index is 2130. The molecule has 6 aromatic carbocycles. The zero-order valence-corrected chi connectivity index (χ0v) is 25.3. The molecule has 3 nitrogen and oxygen atoms in total. The molecule has 0 fully saturated rings. The summed E-state index contributed by atoms with van der Waals surface area (Å²) in [5, 5.41) is 2.28. The maximum absolute atomic E-state index is 12.6. The number of rotatable bonds is 7. The van der Waals surface area contributed by atoms with Crippen LogP contribution in [0.5, 0.6) is 0 Å². The minimum Gasteiger partial charge on any atom is -0.461 e. The van der Waals surface area contributed by atoms with Gasteiger partial charge >= 0.3 is 5.97 Å². The van der Waals surface area contributed by atoms with E-state index in [9.17, 15) is 4.79 Å². The van der Waals surface area contributed by atoms with Crippen LogP contribution in [-0.2, 0) is 28.0 Å². The minimum absolute atomic E-state index is 0.218. The molecule has 0 N–H and O–H groups in total. The van der Waals surface area contributed by atoms with Crippen LogP contribution >= 0.6 is 0 Å². The fourth-order valence-corrected chi connectivity index (χ4v) is 7.09. The van der Waals surface area contributed by atoms with Gasteiger partial charge in [-0.25, -0.2) is 4.98 Å². The van der Waals surface area contributed by atoms with Crippen LogP contribution in [0.3, 0.4) is 0 Å². The van der Waals surface area contributed by atoms with Crippen LogP contribution in [-0.4, -0.2) is 11.0 Å². The average molecular weight is 594 g/mol. The largest absolute Gasteiger partial charge is 0.461 e. The molecule has 0 spiro atoms. The molecule has 0 saturated carbocycles. The first-order valence-electron chi connectivity index (χ1n) is 15.7. The molecule has 1 aliphatic carbocycles. The number of pyridine rings is 1. The van der Waals surface area contributed by atoms with Gasteiger partial charge in [0.2, 0.25) is 0 Å². The fourth-order valence-electron chi connectivity index (χ4n) is 7.09. The molecule has 0 radical (unpaired) electrons. The van der Waals surface area contributed by atoms with E-state index < -0.39 is 5.41 Å². The lowest BCUT2D eigenvalue weighted by Gasteiger charge is -2.34. The molecule has 0 saturated heterocycles. The number of esters is 1. The first kappa shape index (κ1) is 27.7. The predicted molar refractivity (Wildman–Crippen MR) is 184 cm³/mol. The van der Waals surface area contributed by atoms with E-state index in [4.69, 9.17) is 9.72 Å². The molecule has 220 valence electrons. The van der Waals surface area contributed by atoms with Gasteiger partial charge in [0.25, 0.3) is 0 Å². The van der Waals surface area contributed by atoms with E-state index in [0.29, 0.717) is 0 Å². The summed E-state index contributed by atoms with van der Waals surface area (Å²) < 4.78 is 5.53. The second-order valence-corrected chi connectivity index (χ2v) is 11.8. The van der Waals surface area contributed by atoms with Gasteiger partial charge in [0.15, 0.2) is 0 Å². The van der Waals surface area contributed by atoms with Gasteiger partial charge in [0, 0.05) is 22.1 Å². The van der Waals surface area contributed by atoms with E-state index in [-0.39, 0.29) is 19.0 Å². The van der Waals surface area contributed by atoms with Crippen molar-refractivity contribution >= 4 is 16.7 Å². The highest BCUT2D eigenvalue weighted by Gasteiger charge is 2.48. The Morgan fingerprint density at radius 2 is 1.11 bits per heavy atom. The van der Waals surface area contributed by atoms with Crippen LogP contribution in [0.1, 0.15) is 33.4 Å². The van der Waals surface area contributed by atoms with Crippen LogP contribution in [0.2, 0.25) is 0 Å². The van der Waals surface area contributed by atoms with Crippen LogP contribution in [0.25, 0.3) is 33.3 Å². The number of benzene rings is 6. The summed E-state index contributed by atoms with van der Waals surface area (Å²) in [6.07, 6.45) is 0.218. The molecule has 7 aromatic rings. The molecule has 0 amide bonds. The molecule has 1 aromatic heterocycles. The van der Waals surface area contributed by atoms with Crippen molar-refractivity contribution in [1.82, 2.24) is 4.98 Å². The number of ether oxygens (including phenoxy) is 1. The van der Waals surface area contributed by atoms with Gasteiger partial charge in [0.1, 0.15) is 6.61 Å². The first-order valence-corrected chi connectivity index (χ1v) is 15.7. The Hall–Kier alpha value is -5.80. The maximum Gasteiger partial charge on any atom is 0.310 e. The SMILES string of the molecule is O=C(Cc1ccc(-c2nc3c(c4ccccc24)C(c2ccccc2)(c2ccccc2)c2ccccc2-3)cc1)OCc1ccccc1. The smallest absolute Gasteiger partial charge is 0.310 e. The lowest BCUT2D eigenvalue weighted by atomic mass is 9.67. The molecular weight excluding hydrogens is 562 g/mol. The summed E-state index contributed by atoms with van der Waals surface area (Å²) in [5.74, 6) is -0.243. The zero-order valence-electron chi connectivity index (χ0n) is 25.3. The topological polar surface area (TPSA) is 39.2 Å². The Kier molecular flexibility index (Phi) is 7.00. The van der Waals surface area contributed by atoms with E-state index >= 15 is 0 Å². The second kappa shape index (κ2) is 11.6. The quantitative estimate of drug-likeness (QED) is 0.173. The number of carbonyl (C=O) groups excluding carboxylic acids is 1. The van der Waals surface area contributed by atoms with Gasteiger partial charge in [0.05, 0.1) is 23.2 Å². The molecule has 3 heteroatoms. The number of hydrogen-bond donors (Lipinski definition) is 0. The van der Waals surface area contributed by atoms with Gasteiger partial charge in [-0.05, 0) is 33.2 Å². The van der Waals surface area contributed by atoms with Crippen molar-refractivity contribution in [1.29, 1.82) is 0 Å². The normalized spacial score (nSPS) is 12.8. The molecule has 0 atom stereocenters. The van der Waals surface area contributed by atoms with Crippen molar-refractivity contribution < 1.29 is 9.53 Å². The minimum atomic E-state index is -0.524. The van der Waals surface area contributed by atoms with Gasteiger partial charge in [-0.2, -0.15) is 0 Å². The molecular formula is C43H31NO2. The Balaban J connectivity index is 1.25. The van der Waals surface area contributed by atoms with Crippen molar-refractivity contribution in [2.24, 2.45) is 0 Å². The Morgan fingerprint density at radius 1 is 0.543 bits per heavy atom. The standard InChI is InChI=1S/C43H31NO2/c45-39(46-29-31-14-4-1-5-15-31)28-30-24-26-32(27-25-30)41-36-21-11-10-20-35(36)40-42(44-41)37-22-12-13-23-38(37)43(40,33-16-6-2-7-17-33)34-18-8-3-9-19-34/h1-27H,28-29H2. The summed E-state index contributed by atoms with van der Waals surface area (Å²) in [6.45, 7) is 0.276. The van der Waals surface area contributed by atoms with E-state index in [1.807, 2.05) is 42.5 Å². The maximum atomic E-state index is 12.6. The number of carbonyl (C=O) groups is 1. The number of hydrogen-bond acceptors (Lipinski definition) is 3. The molecule has 1 aliphatic rings. The van der Waals surface area contributed by atoms with Gasteiger partial charge in [-0.15, -0.1) is 0 Å². The lowest BCUT2D eigenvalue weighted by Crippen LogP contribution is -2.29. The number of nitrogens with zero attached hydrogens (tertiary/aromatic N) is 1. The number of fused-ring (bicyclic) bond motifs is 5. The van der Waals surface area contributed by atoms with E-state index in [0.717, 1.165) is 39.0 Å². The highest BCUT2D eigenvalue weighted by atomic mass is 16.5. The van der Waals surface area contributed by atoms with E-state index in [1.165, 1.54) is 27.6 Å². The second-order valence-electron chi connectivity index (χ2n) is 11.8. The summed E-state index contributed by atoms with van der Waals surface area (Å²) in [5.41, 5.74) is 10.3. The van der Waals surface area contributed by atoms with Crippen LogP contribution < -0.4 is 0 Å². The highest BCUT2D eigenvalue weighted by molar-refractivity contribution is 6.04. The summed E-state index contributed by atoms with van der Waals surface area (Å²) >= 11 is 0. The first-order chi connectivity index (χ1) is 22.7. The summed E-state index contributed by atoms with van der Waals surface area (Å²) in [7, 11) is 0. The fraction of sp³-hybridized carbons (Fsp3) is 0.0698. The van der Waals surface area contributed by atoms with Crippen molar-refractivity contribution in [2.75, 3.05) is 0 Å². The molecule has 0 bridgehead atoms. The van der Waals surface area contributed by atoms with E-state index in [1.54, 1.807) is 0 Å². The molecule has 46 heavy (non-hydrogen) atoms. The van der Waals surface area contributed by atoms with Crippen molar-refractivity contribution in [3.05, 3.63) is 197 Å². The van der Waals surface area contributed by atoms with Crippen LogP contribution in [0.15, 0.2) is 164 Å². The van der Waals surface area contributed by atoms with E-state index in [2.05, 4.69) is 121 Å². The third-order valence-electron chi connectivity index (χ3n) is 9.11. The third kappa shape index (κ3) is 4.60. The van der Waals surface area contributed by atoms with Gasteiger partial charge < -0.3 is 4.74 Å². The van der Waals surface area contributed by atoms with Crippen molar-refractivity contribution in [2.45, 2.75) is 18.4 Å².